The van der Waals surface area contributed by atoms with Gasteiger partial charge in [0.15, 0.2) is 0 Å². The Bertz CT molecular complexity index is 1340. The molecule has 190 valence electrons. The zero-order valence-electron chi connectivity index (χ0n) is 19.5. The molecular weight excluding hydrogens is 508 g/mol. The van der Waals surface area contributed by atoms with Gasteiger partial charge >= 0.3 is 0 Å². The number of aliphatic hydroxyl groups is 1. The van der Waals surface area contributed by atoms with Crippen molar-refractivity contribution < 1.29 is 22.3 Å². The molecule has 2 atom stereocenters. The number of nitrogens with one attached hydrogen (secondary N) is 2. The molecule has 0 aromatic heterocycles. The van der Waals surface area contributed by atoms with Crippen molar-refractivity contribution in [2.75, 3.05) is 6.54 Å². The second kappa shape index (κ2) is 12.4. The van der Waals surface area contributed by atoms with Crippen LogP contribution in [0.4, 0.5) is 8.78 Å². The van der Waals surface area contributed by atoms with E-state index in [-0.39, 0.29) is 34.0 Å². The lowest BCUT2D eigenvalue weighted by molar-refractivity contribution is 0.134. The largest absolute Gasteiger partial charge is 0.390 e. The van der Waals surface area contributed by atoms with Crippen molar-refractivity contribution in [3.8, 4) is 6.07 Å². The number of nitriles is 1. The van der Waals surface area contributed by atoms with Crippen LogP contribution in [0.15, 0.2) is 65.6 Å². The number of hydrogen-bond donors (Lipinski definition) is 3. The maximum Gasteiger partial charge on any atom is 0.242 e. The summed E-state index contributed by atoms with van der Waals surface area (Å²) < 4.78 is 56.1. The highest BCUT2D eigenvalue weighted by Gasteiger charge is 2.28. The Morgan fingerprint density at radius 1 is 1.03 bits per heavy atom. The predicted molar refractivity (Wildman–Crippen MR) is 134 cm³/mol. The fourth-order valence-electron chi connectivity index (χ4n) is 3.76. The van der Waals surface area contributed by atoms with Crippen molar-refractivity contribution >= 4 is 21.6 Å². The minimum Gasteiger partial charge on any atom is -0.390 e. The SMILES string of the molecule is CCc1cccc(CNC[C@H](O)[C@@H](Cc2cc(F)cc(F)c2)NS(=O)(=O)c2ccc(C#N)cc2Cl)c1. The maximum absolute atomic E-state index is 13.8. The third kappa shape index (κ3) is 7.56. The Kier molecular flexibility index (Phi) is 9.54. The Labute approximate surface area is 214 Å². The molecule has 0 radical (unpaired) electrons. The fourth-order valence-corrected chi connectivity index (χ4v) is 5.57. The summed E-state index contributed by atoms with van der Waals surface area (Å²) in [4.78, 5) is -0.282. The number of halogens is 3. The zero-order chi connectivity index (χ0) is 26.3. The van der Waals surface area contributed by atoms with Crippen LogP contribution in [0.25, 0.3) is 0 Å². The second-order valence-electron chi connectivity index (χ2n) is 8.34. The van der Waals surface area contributed by atoms with Crippen LogP contribution >= 0.6 is 11.6 Å². The molecule has 0 unspecified atom stereocenters. The Morgan fingerprint density at radius 2 is 1.72 bits per heavy atom. The van der Waals surface area contributed by atoms with Crippen LogP contribution in [-0.2, 0) is 29.4 Å². The molecule has 0 bridgehead atoms. The fraction of sp³-hybridized carbons (Fsp3) is 0.269. The van der Waals surface area contributed by atoms with E-state index < -0.39 is 33.8 Å². The summed E-state index contributed by atoms with van der Waals surface area (Å²) >= 11 is 6.09. The van der Waals surface area contributed by atoms with Crippen molar-refractivity contribution in [2.24, 2.45) is 0 Å². The summed E-state index contributed by atoms with van der Waals surface area (Å²) in [6, 6.07) is 15.2. The summed E-state index contributed by atoms with van der Waals surface area (Å²) in [7, 11) is -4.25. The van der Waals surface area contributed by atoms with Gasteiger partial charge in [0.2, 0.25) is 10.0 Å². The maximum atomic E-state index is 13.8. The molecule has 3 rings (SSSR count). The highest BCUT2D eigenvalue weighted by Crippen LogP contribution is 2.23. The van der Waals surface area contributed by atoms with Gasteiger partial charge in [0, 0.05) is 19.2 Å². The first kappa shape index (κ1) is 27.7. The lowest BCUT2D eigenvalue weighted by Crippen LogP contribution is -2.48. The van der Waals surface area contributed by atoms with E-state index in [2.05, 4.69) is 10.0 Å². The molecule has 0 aliphatic carbocycles. The lowest BCUT2D eigenvalue weighted by atomic mass is 10.0. The molecule has 0 spiro atoms. The van der Waals surface area contributed by atoms with Gasteiger partial charge in [0.05, 0.1) is 28.8 Å². The van der Waals surface area contributed by atoms with Crippen LogP contribution in [-0.4, -0.2) is 32.2 Å². The van der Waals surface area contributed by atoms with E-state index in [9.17, 15) is 22.3 Å². The summed E-state index contributed by atoms with van der Waals surface area (Å²) in [5.41, 5.74) is 2.51. The molecule has 3 aromatic rings. The third-order valence-electron chi connectivity index (χ3n) is 5.58. The molecular formula is C26H26ClF2N3O3S. The minimum absolute atomic E-state index is 0.00242. The van der Waals surface area contributed by atoms with Crippen molar-refractivity contribution in [3.63, 3.8) is 0 Å². The van der Waals surface area contributed by atoms with Gasteiger partial charge in [0.1, 0.15) is 16.5 Å². The number of nitrogens with zero attached hydrogens (tertiary/aromatic N) is 1. The van der Waals surface area contributed by atoms with Crippen LogP contribution in [0, 0.1) is 23.0 Å². The Morgan fingerprint density at radius 3 is 2.36 bits per heavy atom. The number of sulfonamides is 1. The monoisotopic (exact) mass is 533 g/mol. The van der Waals surface area contributed by atoms with Crippen molar-refractivity contribution in [3.05, 3.63) is 99.6 Å². The first-order chi connectivity index (χ1) is 17.1. The number of hydrogen-bond acceptors (Lipinski definition) is 5. The highest BCUT2D eigenvalue weighted by atomic mass is 35.5. The molecule has 3 N–H and O–H groups in total. The van der Waals surface area contributed by atoms with Gasteiger partial charge in [-0.25, -0.2) is 21.9 Å². The van der Waals surface area contributed by atoms with Crippen molar-refractivity contribution in [2.45, 2.75) is 43.4 Å². The van der Waals surface area contributed by atoms with Gasteiger partial charge in [-0.3, -0.25) is 0 Å². The number of aryl methyl sites for hydroxylation is 1. The summed E-state index contributed by atoms with van der Waals surface area (Å²) in [6.45, 7) is 2.48. The van der Waals surface area contributed by atoms with Gasteiger partial charge < -0.3 is 10.4 Å². The first-order valence-electron chi connectivity index (χ1n) is 11.2. The summed E-state index contributed by atoms with van der Waals surface area (Å²) in [5, 5.41) is 22.8. The topological polar surface area (TPSA) is 102 Å². The van der Waals surface area contributed by atoms with Crippen molar-refractivity contribution in [1.29, 1.82) is 5.26 Å². The average Bonchev–Trinajstić information content (AvgIpc) is 2.82. The Balaban J connectivity index is 1.81. The van der Waals surface area contributed by atoms with Crippen LogP contribution in [0.2, 0.25) is 5.02 Å². The van der Waals surface area contributed by atoms with Crippen molar-refractivity contribution in [1.82, 2.24) is 10.0 Å². The molecule has 0 amide bonds. The second-order valence-corrected chi connectivity index (χ2v) is 10.4. The van der Waals surface area contributed by atoms with Gasteiger partial charge in [-0.05, 0) is 59.9 Å². The molecule has 0 saturated heterocycles. The van der Waals surface area contributed by atoms with E-state index >= 15 is 0 Å². The third-order valence-corrected chi connectivity index (χ3v) is 7.55. The number of benzene rings is 3. The normalized spacial score (nSPS) is 13.2. The lowest BCUT2D eigenvalue weighted by Gasteiger charge is -2.25. The molecule has 0 fully saturated rings. The molecule has 6 nitrogen and oxygen atoms in total. The van der Waals surface area contributed by atoms with Gasteiger partial charge in [0.25, 0.3) is 0 Å². The van der Waals surface area contributed by atoms with Crippen LogP contribution in [0.3, 0.4) is 0 Å². The van der Waals surface area contributed by atoms with E-state index in [0.29, 0.717) is 12.6 Å². The van der Waals surface area contributed by atoms with Gasteiger partial charge in [-0.2, -0.15) is 5.26 Å². The van der Waals surface area contributed by atoms with Crippen LogP contribution in [0.5, 0.6) is 0 Å². The molecule has 0 saturated carbocycles. The standard InChI is InChI=1S/C26H26ClF2N3O3S/c1-2-17-4-3-5-19(8-17)15-31-16-25(33)24(12-20-9-21(28)13-22(29)10-20)32-36(34,35)26-7-6-18(14-30)11-23(26)27/h3-11,13,24-25,31-33H,2,12,15-16H2,1H3/t24-,25+/m1/s1. The van der Waals surface area contributed by atoms with Gasteiger partial charge in [-0.15, -0.1) is 0 Å². The minimum atomic E-state index is -4.25. The quantitative estimate of drug-likeness (QED) is 0.344. The van der Waals surface area contributed by atoms with E-state index in [1.54, 1.807) is 0 Å². The smallest absolute Gasteiger partial charge is 0.242 e. The molecule has 0 aliphatic rings. The van der Waals surface area contributed by atoms with E-state index in [1.165, 1.54) is 18.2 Å². The molecule has 3 aromatic carbocycles. The highest BCUT2D eigenvalue weighted by molar-refractivity contribution is 7.89. The van der Waals surface area contributed by atoms with E-state index in [1.807, 2.05) is 37.3 Å². The van der Waals surface area contributed by atoms with Crippen LogP contribution in [0.1, 0.15) is 29.2 Å². The zero-order valence-corrected chi connectivity index (χ0v) is 21.1. The molecule has 10 heteroatoms. The van der Waals surface area contributed by atoms with E-state index in [4.69, 9.17) is 16.9 Å². The molecule has 0 heterocycles. The average molecular weight is 534 g/mol. The molecule has 0 aliphatic heterocycles. The van der Waals surface area contributed by atoms with Crippen LogP contribution < -0.4 is 10.0 Å². The van der Waals surface area contributed by atoms with Gasteiger partial charge in [-0.1, -0.05) is 42.8 Å². The molecule has 36 heavy (non-hydrogen) atoms. The predicted octanol–water partition coefficient (Wildman–Crippen LogP) is 4.09. The Hall–Kier alpha value is -2.87. The first-order valence-corrected chi connectivity index (χ1v) is 13.1. The summed E-state index contributed by atoms with van der Waals surface area (Å²) in [5.74, 6) is -1.63. The number of rotatable bonds is 11. The van der Waals surface area contributed by atoms with E-state index in [0.717, 1.165) is 29.7 Å². The number of aliphatic hydroxyl groups excluding tert-OH is 1. The summed E-state index contributed by atoms with van der Waals surface area (Å²) in [6.07, 6.45) is -0.559.